The van der Waals surface area contributed by atoms with E-state index in [0.29, 0.717) is 23.2 Å². The van der Waals surface area contributed by atoms with Crippen molar-refractivity contribution < 1.29 is 9.90 Å². The predicted molar refractivity (Wildman–Crippen MR) is 91.7 cm³/mol. The Hall–Kier alpha value is -0.790. The summed E-state index contributed by atoms with van der Waals surface area (Å²) in [5.74, 6) is 1.04. The Morgan fingerprint density at radius 1 is 1.36 bits per heavy atom. The van der Waals surface area contributed by atoms with E-state index in [1.54, 1.807) is 5.57 Å². The summed E-state index contributed by atoms with van der Waals surface area (Å²) >= 11 is 0. The van der Waals surface area contributed by atoms with Crippen molar-refractivity contribution in [3.63, 3.8) is 0 Å². The average Bonchev–Trinajstić information content (AvgIpc) is 2.35. The van der Waals surface area contributed by atoms with Crippen molar-refractivity contribution in [2.24, 2.45) is 28.6 Å². The largest absolute Gasteiger partial charge is 0.481 e. The van der Waals surface area contributed by atoms with Gasteiger partial charge in [0.25, 0.3) is 0 Å². The highest BCUT2D eigenvalue weighted by Gasteiger charge is 2.51. The highest BCUT2D eigenvalue weighted by atomic mass is 16.4. The van der Waals surface area contributed by atoms with Crippen molar-refractivity contribution in [1.82, 2.24) is 0 Å². The van der Waals surface area contributed by atoms with E-state index in [1.165, 1.54) is 25.7 Å². The van der Waals surface area contributed by atoms with Gasteiger partial charge in [0.15, 0.2) is 0 Å². The van der Waals surface area contributed by atoms with E-state index >= 15 is 0 Å². The number of allylic oxidation sites excluding steroid dienone is 2. The molecule has 2 heteroatoms. The topological polar surface area (TPSA) is 37.3 Å². The molecule has 0 radical (unpaired) electrons. The summed E-state index contributed by atoms with van der Waals surface area (Å²) in [6.45, 7) is 11.8. The number of hydrogen-bond donors (Lipinski definition) is 1. The average molecular weight is 306 g/mol. The minimum atomic E-state index is -0.661. The number of carboxylic acid groups (broad SMARTS) is 1. The van der Waals surface area contributed by atoms with E-state index < -0.39 is 5.97 Å². The maximum atomic E-state index is 10.9. The number of rotatable bonds is 5. The van der Waals surface area contributed by atoms with Gasteiger partial charge < -0.3 is 5.11 Å². The number of aliphatic carboxylic acids is 1. The summed E-state index contributed by atoms with van der Waals surface area (Å²) in [4.78, 5) is 10.9. The van der Waals surface area contributed by atoms with Crippen LogP contribution in [-0.4, -0.2) is 11.1 Å². The third kappa shape index (κ3) is 3.41. The predicted octanol–water partition coefficient (Wildman–Crippen LogP) is 5.68. The van der Waals surface area contributed by atoms with Gasteiger partial charge in [-0.2, -0.15) is 0 Å². The molecule has 0 saturated heterocycles. The maximum Gasteiger partial charge on any atom is 0.303 e. The molecule has 0 aliphatic heterocycles. The quantitative estimate of drug-likeness (QED) is 0.664. The van der Waals surface area contributed by atoms with Crippen LogP contribution >= 0.6 is 0 Å². The molecule has 0 bridgehead atoms. The monoisotopic (exact) mass is 306 g/mol. The third-order valence-corrected chi connectivity index (χ3v) is 6.77. The lowest BCUT2D eigenvalue weighted by Gasteiger charge is -2.57. The summed E-state index contributed by atoms with van der Waals surface area (Å²) in [6, 6.07) is 0. The van der Waals surface area contributed by atoms with Crippen molar-refractivity contribution in [1.29, 1.82) is 0 Å². The summed E-state index contributed by atoms with van der Waals surface area (Å²) < 4.78 is 0. The van der Waals surface area contributed by atoms with Gasteiger partial charge in [0.05, 0.1) is 0 Å². The number of carbonyl (C=O) groups is 1. The molecule has 2 nitrogen and oxygen atoms in total. The number of fused-ring (bicyclic) bond motifs is 1. The molecular formula is C20H34O2. The SMILES string of the molecule is CC1=CC[C@H]2C(C)(C)CCC[C@]2(C)[C@H]1CC[C@@H](C)CC(=O)O. The Kier molecular flexibility index (Phi) is 5.09. The van der Waals surface area contributed by atoms with E-state index in [9.17, 15) is 4.79 Å². The lowest BCUT2D eigenvalue weighted by molar-refractivity contribution is -0.138. The van der Waals surface area contributed by atoms with Crippen molar-refractivity contribution >= 4 is 5.97 Å². The molecule has 0 amide bonds. The van der Waals surface area contributed by atoms with Gasteiger partial charge in [-0.05, 0) is 67.6 Å². The van der Waals surface area contributed by atoms with Gasteiger partial charge in [-0.15, -0.1) is 0 Å². The molecular weight excluding hydrogens is 272 g/mol. The van der Waals surface area contributed by atoms with Crippen LogP contribution in [0.15, 0.2) is 11.6 Å². The van der Waals surface area contributed by atoms with Crippen LogP contribution in [0, 0.1) is 28.6 Å². The molecule has 4 atom stereocenters. The zero-order chi connectivity index (χ0) is 16.5. The van der Waals surface area contributed by atoms with Gasteiger partial charge in [0.1, 0.15) is 0 Å². The normalized spacial score (nSPS) is 35.4. The Morgan fingerprint density at radius 2 is 2.05 bits per heavy atom. The minimum absolute atomic E-state index is 0.283. The minimum Gasteiger partial charge on any atom is -0.481 e. The lowest BCUT2D eigenvalue weighted by Crippen LogP contribution is -2.48. The van der Waals surface area contributed by atoms with E-state index in [4.69, 9.17) is 5.11 Å². The van der Waals surface area contributed by atoms with Crippen LogP contribution in [0.3, 0.4) is 0 Å². The second-order valence-electron chi connectivity index (χ2n) is 8.92. The second-order valence-corrected chi connectivity index (χ2v) is 8.92. The van der Waals surface area contributed by atoms with Crippen molar-refractivity contribution in [3.05, 3.63) is 11.6 Å². The van der Waals surface area contributed by atoms with Gasteiger partial charge in [-0.25, -0.2) is 0 Å². The molecule has 0 unspecified atom stereocenters. The lowest BCUT2D eigenvalue weighted by atomic mass is 9.48. The van der Waals surface area contributed by atoms with Crippen LogP contribution < -0.4 is 0 Å². The summed E-state index contributed by atoms with van der Waals surface area (Å²) in [6.07, 6.45) is 10.2. The summed E-state index contributed by atoms with van der Waals surface area (Å²) in [5, 5.41) is 8.97. The fraction of sp³-hybridized carbons (Fsp3) is 0.850. The maximum absolute atomic E-state index is 10.9. The van der Waals surface area contributed by atoms with Crippen molar-refractivity contribution in [3.8, 4) is 0 Å². The smallest absolute Gasteiger partial charge is 0.303 e. The molecule has 0 heterocycles. The standard InChI is InChI=1S/C20H34O2/c1-14(13-18(21)22)7-9-16-15(2)8-10-17-19(3,4)11-6-12-20(16,17)5/h8,14,16-17H,6-7,9-13H2,1-5H3,(H,21,22)/t14-,16+,17+,20-/m1/s1. The molecule has 0 aromatic carbocycles. The molecule has 1 saturated carbocycles. The molecule has 1 fully saturated rings. The highest BCUT2D eigenvalue weighted by molar-refractivity contribution is 5.66. The molecule has 2 aliphatic carbocycles. The molecule has 0 aromatic heterocycles. The van der Waals surface area contributed by atoms with Gasteiger partial charge in [0, 0.05) is 6.42 Å². The van der Waals surface area contributed by atoms with Gasteiger partial charge in [-0.1, -0.05) is 45.8 Å². The Labute approximate surface area is 136 Å². The van der Waals surface area contributed by atoms with Crippen molar-refractivity contribution in [2.75, 3.05) is 0 Å². The highest BCUT2D eigenvalue weighted by Crippen LogP contribution is 2.60. The first-order valence-electron chi connectivity index (χ1n) is 9.05. The Balaban J connectivity index is 2.13. The third-order valence-electron chi connectivity index (χ3n) is 6.77. The van der Waals surface area contributed by atoms with E-state index in [2.05, 4.69) is 40.7 Å². The fourth-order valence-electron chi connectivity index (χ4n) is 5.55. The first kappa shape index (κ1) is 17.6. The zero-order valence-corrected chi connectivity index (χ0v) is 15.1. The molecule has 0 spiro atoms. The van der Waals surface area contributed by atoms with Crippen LogP contribution in [0.25, 0.3) is 0 Å². The van der Waals surface area contributed by atoms with Crippen LogP contribution in [-0.2, 0) is 4.79 Å². The molecule has 126 valence electrons. The van der Waals surface area contributed by atoms with Crippen LogP contribution in [0.5, 0.6) is 0 Å². The van der Waals surface area contributed by atoms with E-state index in [0.717, 1.165) is 18.8 Å². The zero-order valence-electron chi connectivity index (χ0n) is 15.1. The molecule has 0 aromatic rings. The molecule has 2 rings (SSSR count). The van der Waals surface area contributed by atoms with Crippen LogP contribution in [0.1, 0.15) is 79.6 Å². The number of carboxylic acids is 1. The van der Waals surface area contributed by atoms with Gasteiger partial charge in [-0.3, -0.25) is 4.79 Å². The van der Waals surface area contributed by atoms with E-state index in [-0.39, 0.29) is 5.92 Å². The summed E-state index contributed by atoms with van der Waals surface area (Å²) in [5.41, 5.74) is 2.40. The molecule has 2 aliphatic rings. The van der Waals surface area contributed by atoms with Gasteiger partial charge >= 0.3 is 5.97 Å². The fourth-order valence-corrected chi connectivity index (χ4v) is 5.55. The first-order valence-corrected chi connectivity index (χ1v) is 9.05. The number of hydrogen-bond acceptors (Lipinski definition) is 1. The Morgan fingerprint density at radius 3 is 2.68 bits per heavy atom. The second kappa shape index (κ2) is 6.37. The molecule has 1 N–H and O–H groups in total. The van der Waals surface area contributed by atoms with Crippen molar-refractivity contribution in [2.45, 2.75) is 79.6 Å². The molecule has 22 heavy (non-hydrogen) atoms. The van der Waals surface area contributed by atoms with Crippen LogP contribution in [0.2, 0.25) is 0 Å². The first-order chi connectivity index (χ1) is 10.2. The van der Waals surface area contributed by atoms with Crippen LogP contribution in [0.4, 0.5) is 0 Å². The van der Waals surface area contributed by atoms with Gasteiger partial charge in [0.2, 0.25) is 0 Å². The van der Waals surface area contributed by atoms with E-state index in [1.807, 2.05) is 0 Å². The Bertz CT molecular complexity index is 449. The summed E-state index contributed by atoms with van der Waals surface area (Å²) in [7, 11) is 0.